The Bertz CT molecular complexity index is 1070. The fraction of sp³-hybridized carbons (Fsp3) is 0.462. The lowest BCUT2D eigenvalue weighted by Crippen LogP contribution is -2.32. The minimum Gasteiger partial charge on any atom is -0.342 e. The summed E-state index contributed by atoms with van der Waals surface area (Å²) in [4.78, 5) is 19.8. The number of carbonyl (C=O) groups is 1. The fourth-order valence-electron chi connectivity index (χ4n) is 4.60. The number of nitrogens with one attached hydrogen (secondary N) is 1. The van der Waals surface area contributed by atoms with Gasteiger partial charge in [-0.2, -0.15) is 0 Å². The Morgan fingerprint density at radius 1 is 1.09 bits per heavy atom. The number of benzene rings is 1. The van der Waals surface area contributed by atoms with Gasteiger partial charge in [0.1, 0.15) is 5.82 Å². The lowest BCUT2D eigenvalue weighted by atomic mass is 10.0. The van der Waals surface area contributed by atoms with Crippen LogP contribution in [0.15, 0.2) is 42.7 Å². The number of aryl methyl sites for hydroxylation is 2. The van der Waals surface area contributed by atoms with Crippen LogP contribution in [-0.2, 0) is 19.5 Å². The summed E-state index contributed by atoms with van der Waals surface area (Å²) in [5.74, 6) is 2.21. The lowest BCUT2D eigenvalue weighted by Gasteiger charge is -2.22. The largest absolute Gasteiger partial charge is 0.342 e. The van der Waals surface area contributed by atoms with E-state index in [1.165, 1.54) is 5.56 Å². The van der Waals surface area contributed by atoms with Crippen LogP contribution in [0, 0.1) is 19.8 Å². The Morgan fingerprint density at radius 2 is 1.88 bits per heavy atom. The Morgan fingerprint density at radius 3 is 2.58 bits per heavy atom. The van der Waals surface area contributed by atoms with E-state index in [2.05, 4.69) is 55.9 Å². The molecular weight excluding hydrogens is 412 g/mol. The molecule has 7 nitrogen and oxygen atoms in total. The maximum Gasteiger partial charge on any atom is 0.251 e. The molecule has 1 amide bonds. The molecular formula is C26H34N6O. The van der Waals surface area contributed by atoms with E-state index in [1.54, 1.807) is 6.20 Å². The number of pyridine rings is 1. The van der Waals surface area contributed by atoms with E-state index < -0.39 is 0 Å². The highest BCUT2D eigenvalue weighted by molar-refractivity contribution is 5.94. The van der Waals surface area contributed by atoms with Crippen molar-refractivity contribution in [1.29, 1.82) is 0 Å². The molecule has 0 aliphatic carbocycles. The van der Waals surface area contributed by atoms with Gasteiger partial charge >= 0.3 is 0 Å². The number of fused-ring (bicyclic) bond motifs is 1. The molecule has 4 rings (SSSR count). The van der Waals surface area contributed by atoms with Crippen LogP contribution in [0.4, 0.5) is 0 Å². The number of hydrogen-bond donors (Lipinski definition) is 1. The van der Waals surface area contributed by atoms with Gasteiger partial charge in [0.25, 0.3) is 5.91 Å². The number of carbonyl (C=O) groups excluding carboxylic acids is 1. The summed E-state index contributed by atoms with van der Waals surface area (Å²) >= 11 is 0. The SMILES string of the molecule is Cc1cc(C)cc(C(=O)N[C@@H](CC(C)C)c2nnc3n2CCN(Cc2cccnc2)CC3)c1. The number of aromatic nitrogens is 4. The van der Waals surface area contributed by atoms with Crippen molar-refractivity contribution < 1.29 is 4.79 Å². The molecule has 0 fully saturated rings. The highest BCUT2D eigenvalue weighted by Crippen LogP contribution is 2.23. The Hall–Kier alpha value is -3.06. The maximum atomic E-state index is 13.1. The maximum absolute atomic E-state index is 13.1. The summed E-state index contributed by atoms with van der Waals surface area (Å²) in [6.07, 6.45) is 5.39. The Labute approximate surface area is 196 Å². The van der Waals surface area contributed by atoms with Crippen LogP contribution in [0.5, 0.6) is 0 Å². The van der Waals surface area contributed by atoms with E-state index in [-0.39, 0.29) is 11.9 Å². The van der Waals surface area contributed by atoms with Crippen LogP contribution in [0.1, 0.15) is 65.0 Å². The normalized spacial score (nSPS) is 15.2. The highest BCUT2D eigenvalue weighted by atomic mass is 16.1. The summed E-state index contributed by atoms with van der Waals surface area (Å²) in [6.45, 7) is 11.9. The molecule has 0 bridgehead atoms. The van der Waals surface area contributed by atoms with Crippen LogP contribution < -0.4 is 5.32 Å². The second-order valence-electron chi connectivity index (χ2n) is 9.55. The topological polar surface area (TPSA) is 75.9 Å². The third-order valence-corrected chi connectivity index (χ3v) is 6.08. The Balaban J connectivity index is 1.52. The third kappa shape index (κ3) is 5.85. The van der Waals surface area contributed by atoms with Crippen molar-refractivity contribution in [1.82, 2.24) is 30.0 Å². The second-order valence-corrected chi connectivity index (χ2v) is 9.55. The molecule has 3 heterocycles. The summed E-state index contributed by atoms with van der Waals surface area (Å²) in [7, 11) is 0. The lowest BCUT2D eigenvalue weighted by molar-refractivity contribution is 0.0928. The molecule has 3 aromatic rings. The van der Waals surface area contributed by atoms with Gasteiger partial charge < -0.3 is 9.88 Å². The van der Waals surface area contributed by atoms with Crippen molar-refractivity contribution in [3.63, 3.8) is 0 Å². The highest BCUT2D eigenvalue weighted by Gasteiger charge is 2.26. The van der Waals surface area contributed by atoms with E-state index in [1.807, 2.05) is 38.2 Å². The third-order valence-electron chi connectivity index (χ3n) is 6.08. The van der Waals surface area contributed by atoms with Gasteiger partial charge in [-0.05, 0) is 49.9 Å². The fourth-order valence-corrected chi connectivity index (χ4v) is 4.60. The van der Waals surface area contributed by atoms with Crippen molar-refractivity contribution >= 4 is 5.91 Å². The first kappa shape index (κ1) is 23.1. The molecule has 0 unspecified atom stereocenters. The molecule has 0 saturated heterocycles. The smallest absolute Gasteiger partial charge is 0.251 e. The molecule has 174 valence electrons. The predicted octanol–water partition coefficient (Wildman–Crippen LogP) is 3.87. The van der Waals surface area contributed by atoms with Crippen molar-refractivity contribution in [3.8, 4) is 0 Å². The summed E-state index contributed by atoms with van der Waals surface area (Å²) in [5, 5.41) is 12.3. The molecule has 2 aromatic heterocycles. The number of amides is 1. The summed E-state index contributed by atoms with van der Waals surface area (Å²) < 4.78 is 2.22. The van der Waals surface area contributed by atoms with Gasteiger partial charge in [-0.3, -0.25) is 14.7 Å². The van der Waals surface area contributed by atoms with Crippen LogP contribution >= 0.6 is 0 Å². The monoisotopic (exact) mass is 446 g/mol. The van der Waals surface area contributed by atoms with Gasteiger partial charge in [-0.1, -0.05) is 37.1 Å². The molecule has 1 atom stereocenters. The van der Waals surface area contributed by atoms with Gasteiger partial charge in [0.05, 0.1) is 6.04 Å². The first-order chi connectivity index (χ1) is 15.9. The van der Waals surface area contributed by atoms with E-state index in [0.717, 1.165) is 61.8 Å². The van der Waals surface area contributed by atoms with Gasteiger partial charge in [-0.25, -0.2) is 0 Å². The van der Waals surface area contributed by atoms with Crippen LogP contribution in [0.25, 0.3) is 0 Å². The van der Waals surface area contributed by atoms with Crippen molar-refractivity contribution in [2.45, 2.75) is 59.7 Å². The summed E-state index contributed by atoms with van der Waals surface area (Å²) in [5.41, 5.74) is 4.09. The molecule has 1 aliphatic heterocycles. The molecule has 0 saturated carbocycles. The Kier molecular flexibility index (Phi) is 7.18. The van der Waals surface area contributed by atoms with Crippen LogP contribution in [0.2, 0.25) is 0 Å². The average Bonchev–Trinajstić information content (AvgIpc) is 3.07. The number of rotatable bonds is 7. The van der Waals surface area contributed by atoms with Gasteiger partial charge in [0.2, 0.25) is 0 Å². The standard InChI is InChI=1S/C26H34N6O/c1-18(2)12-23(28-26(33)22-14-19(3)13-20(4)15-22)25-30-29-24-7-9-31(10-11-32(24)25)17-21-6-5-8-27-16-21/h5-6,8,13-16,18,23H,7,9-12,17H2,1-4H3,(H,28,33)/t23-/m0/s1. The zero-order valence-electron chi connectivity index (χ0n) is 20.1. The number of hydrogen-bond acceptors (Lipinski definition) is 5. The molecule has 0 spiro atoms. The molecule has 1 aliphatic rings. The van der Waals surface area contributed by atoms with Crippen LogP contribution in [-0.4, -0.2) is 43.6 Å². The minimum atomic E-state index is -0.176. The minimum absolute atomic E-state index is 0.0587. The van der Waals surface area contributed by atoms with E-state index in [0.29, 0.717) is 11.5 Å². The first-order valence-electron chi connectivity index (χ1n) is 11.8. The van der Waals surface area contributed by atoms with Crippen molar-refractivity contribution in [3.05, 3.63) is 76.6 Å². The average molecular weight is 447 g/mol. The second kappa shape index (κ2) is 10.3. The van der Waals surface area contributed by atoms with E-state index >= 15 is 0 Å². The first-order valence-corrected chi connectivity index (χ1v) is 11.8. The zero-order chi connectivity index (χ0) is 23.4. The van der Waals surface area contributed by atoms with Crippen molar-refractivity contribution in [2.75, 3.05) is 13.1 Å². The molecule has 7 heteroatoms. The van der Waals surface area contributed by atoms with Gasteiger partial charge in [0.15, 0.2) is 5.82 Å². The molecule has 1 N–H and O–H groups in total. The number of nitrogens with zero attached hydrogens (tertiary/aromatic N) is 5. The summed E-state index contributed by atoms with van der Waals surface area (Å²) in [6, 6.07) is 9.88. The van der Waals surface area contributed by atoms with Crippen molar-refractivity contribution in [2.24, 2.45) is 5.92 Å². The molecule has 1 aromatic carbocycles. The predicted molar refractivity (Wildman–Crippen MR) is 129 cm³/mol. The van der Waals surface area contributed by atoms with Gasteiger partial charge in [0, 0.05) is 50.6 Å². The van der Waals surface area contributed by atoms with E-state index in [9.17, 15) is 4.79 Å². The van der Waals surface area contributed by atoms with E-state index in [4.69, 9.17) is 0 Å². The van der Waals surface area contributed by atoms with Crippen LogP contribution in [0.3, 0.4) is 0 Å². The molecule has 0 radical (unpaired) electrons. The quantitative estimate of drug-likeness (QED) is 0.596. The zero-order valence-corrected chi connectivity index (χ0v) is 20.1. The van der Waals surface area contributed by atoms with Gasteiger partial charge in [-0.15, -0.1) is 10.2 Å². The molecule has 33 heavy (non-hydrogen) atoms.